The number of carbonyl (C=O) groups excluding carboxylic acids is 2. The minimum Gasteiger partial charge on any atom is -0.338 e. The second kappa shape index (κ2) is 6.28. The molecule has 1 atom stereocenters. The van der Waals surface area contributed by atoms with E-state index in [9.17, 15) is 9.59 Å². The molecule has 0 saturated carbocycles. The van der Waals surface area contributed by atoms with Crippen LogP contribution in [0.3, 0.4) is 0 Å². The van der Waals surface area contributed by atoms with Crippen LogP contribution >= 0.6 is 11.6 Å². The number of rotatable bonds is 2. The van der Waals surface area contributed by atoms with E-state index in [1.54, 1.807) is 16.7 Å². The van der Waals surface area contributed by atoms with E-state index in [2.05, 4.69) is 5.10 Å². The molecule has 2 aliphatic heterocycles. The lowest BCUT2D eigenvalue weighted by molar-refractivity contribution is -0.131. The van der Waals surface area contributed by atoms with Crippen molar-refractivity contribution in [3.8, 4) is 0 Å². The minimum absolute atomic E-state index is 0.0343. The average molecular weight is 325 g/mol. The molecule has 1 aromatic heterocycles. The van der Waals surface area contributed by atoms with Crippen LogP contribution in [0.4, 0.5) is 0 Å². The van der Waals surface area contributed by atoms with Crippen molar-refractivity contribution >= 4 is 23.4 Å². The number of hydrogen-bond acceptors (Lipinski definition) is 3. The van der Waals surface area contributed by atoms with Crippen molar-refractivity contribution < 1.29 is 9.59 Å². The van der Waals surface area contributed by atoms with E-state index in [0.29, 0.717) is 31.9 Å². The van der Waals surface area contributed by atoms with Gasteiger partial charge in [0.2, 0.25) is 5.91 Å². The largest absolute Gasteiger partial charge is 0.338 e. The van der Waals surface area contributed by atoms with E-state index in [0.717, 1.165) is 31.5 Å². The molecule has 1 unspecified atom stereocenters. The Labute approximate surface area is 135 Å². The molecule has 22 heavy (non-hydrogen) atoms. The summed E-state index contributed by atoms with van der Waals surface area (Å²) < 4.78 is 1.95. The van der Waals surface area contributed by atoms with Crippen molar-refractivity contribution in [2.45, 2.75) is 38.1 Å². The molecule has 1 saturated heterocycles. The van der Waals surface area contributed by atoms with E-state index in [1.165, 1.54) is 0 Å². The van der Waals surface area contributed by atoms with Crippen LogP contribution in [0.2, 0.25) is 0 Å². The third-order valence-electron chi connectivity index (χ3n) is 4.35. The normalized spacial score (nSPS) is 19.7. The van der Waals surface area contributed by atoms with Gasteiger partial charge in [-0.15, -0.1) is 11.6 Å². The zero-order chi connectivity index (χ0) is 15.7. The van der Waals surface area contributed by atoms with Crippen LogP contribution in [0.1, 0.15) is 35.9 Å². The van der Waals surface area contributed by atoms with E-state index in [-0.39, 0.29) is 11.8 Å². The van der Waals surface area contributed by atoms with Gasteiger partial charge >= 0.3 is 0 Å². The summed E-state index contributed by atoms with van der Waals surface area (Å²) >= 11 is 5.83. The zero-order valence-electron chi connectivity index (χ0n) is 12.8. The molecule has 6 nitrogen and oxygen atoms in total. The van der Waals surface area contributed by atoms with Gasteiger partial charge in [0.25, 0.3) is 5.91 Å². The van der Waals surface area contributed by atoms with E-state index >= 15 is 0 Å². The van der Waals surface area contributed by atoms with Crippen LogP contribution in [-0.2, 0) is 17.8 Å². The van der Waals surface area contributed by atoms with Gasteiger partial charge in [-0.1, -0.05) is 0 Å². The number of carbonyl (C=O) groups is 2. The third-order valence-corrected chi connectivity index (χ3v) is 4.54. The van der Waals surface area contributed by atoms with Crippen LogP contribution in [0.15, 0.2) is 6.07 Å². The first-order valence-corrected chi connectivity index (χ1v) is 8.29. The monoisotopic (exact) mass is 324 g/mol. The second-order valence-corrected chi connectivity index (χ2v) is 6.59. The summed E-state index contributed by atoms with van der Waals surface area (Å²) in [5.74, 6) is -0.0980. The van der Waals surface area contributed by atoms with Gasteiger partial charge in [-0.2, -0.15) is 5.10 Å². The molecule has 0 spiro atoms. The number of amides is 2. The van der Waals surface area contributed by atoms with E-state index < -0.39 is 5.38 Å². The summed E-state index contributed by atoms with van der Waals surface area (Å²) in [6, 6.07) is 1.92. The van der Waals surface area contributed by atoms with Gasteiger partial charge in [-0.3, -0.25) is 14.3 Å². The first-order chi connectivity index (χ1) is 10.6. The highest BCUT2D eigenvalue weighted by atomic mass is 35.5. The van der Waals surface area contributed by atoms with Crippen molar-refractivity contribution in [2.75, 3.05) is 26.2 Å². The number of alkyl halides is 1. The molecule has 0 aliphatic carbocycles. The maximum atomic E-state index is 12.5. The van der Waals surface area contributed by atoms with Gasteiger partial charge in [0.05, 0.1) is 0 Å². The Hall–Kier alpha value is -1.56. The summed E-state index contributed by atoms with van der Waals surface area (Å²) in [4.78, 5) is 27.9. The molecule has 2 aliphatic rings. The van der Waals surface area contributed by atoms with Crippen LogP contribution in [-0.4, -0.2) is 63.0 Å². The van der Waals surface area contributed by atoms with Crippen molar-refractivity contribution in [3.05, 3.63) is 17.5 Å². The number of aromatic nitrogens is 2. The van der Waals surface area contributed by atoms with Gasteiger partial charge in [-0.05, 0) is 32.3 Å². The fourth-order valence-corrected chi connectivity index (χ4v) is 3.20. The van der Waals surface area contributed by atoms with Crippen LogP contribution in [0, 0.1) is 0 Å². The molecule has 0 N–H and O–H groups in total. The quantitative estimate of drug-likeness (QED) is 0.766. The van der Waals surface area contributed by atoms with Crippen LogP contribution in [0.25, 0.3) is 0 Å². The summed E-state index contributed by atoms with van der Waals surface area (Å²) in [5, 5.41) is 3.92. The second-order valence-electron chi connectivity index (χ2n) is 5.93. The molecule has 0 bridgehead atoms. The highest BCUT2D eigenvalue weighted by molar-refractivity contribution is 6.30. The highest BCUT2D eigenvalue weighted by Gasteiger charge is 2.28. The number of piperazine rings is 1. The van der Waals surface area contributed by atoms with Gasteiger partial charge in [0.1, 0.15) is 5.38 Å². The van der Waals surface area contributed by atoms with Crippen LogP contribution in [0.5, 0.6) is 0 Å². The van der Waals surface area contributed by atoms with Gasteiger partial charge < -0.3 is 9.80 Å². The van der Waals surface area contributed by atoms with E-state index in [4.69, 9.17) is 11.6 Å². The minimum atomic E-state index is -0.512. The number of fused-ring (bicyclic) bond motifs is 1. The average Bonchev–Trinajstić information content (AvgIpc) is 2.97. The Morgan fingerprint density at radius 1 is 1.14 bits per heavy atom. The number of nitrogens with zero attached hydrogens (tertiary/aromatic N) is 4. The first-order valence-electron chi connectivity index (χ1n) is 7.85. The lowest BCUT2D eigenvalue weighted by Gasteiger charge is -2.34. The summed E-state index contributed by atoms with van der Waals surface area (Å²) in [6.07, 6.45) is 3.28. The molecule has 120 valence electrons. The maximum absolute atomic E-state index is 12.5. The number of aryl methyl sites for hydroxylation is 2. The van der Waals surface area contributed by atoms with Crippen molar-refractivity contribution in [3.63, 3.8) is 0 Å². The van der Waals surface area contributed by atoms with Crippen molar-refractivity contribution in [2.24, 2.45) is 0 Å². The smallest absolute Gasteiger partial charge is 0.274 e. The van der Waals surface area contributed by atoms with E-state index in [1.807, 2.05) is 10.7 Å². The molecular formula is C15H21ClN4O2. The Morgan fingerprint density at radius 2 is 1.82 bits per heavy atom. The van der Waals surface area contributed by atoms with Crippen molar-refractivity contribution in [1.29, 1.82) is 0 Å². The third kappa shape index (κ3) is 2.97. The van der Waals surface area contributed by atoms with Gasteiger partial charge in [0, 0.05) is 38.4 Å². The lowest BCUT2D eigenvalue weighted by atomic mass is 10.1. The Kier molecular flexibility index (Phi) is 4.38. The summed E-state index contributed by atoms with van der Waals surface area (Å²) in [5.41, 5.74) is 1.68. The summed E-state index contributed by atoms with van der Waals surface area (Å²) in [7, 11) is 0. The molecule has 1 aromatic rings. The Morgan fingerprint density at radius 3 is 2.45 bits per heavy atom. The molecule has 3 rings (SSSR count). The standard InChI is InChI=1S/C15H21ClN4O2/c1-11(16)14(21)18-6-8-19(9-7-18)15(22)13-10-12-4-2-3-5-20(12)17-13/h10-11H,2-9H2,1H3. The maximum Gasteiger partial charge on any atom is 0.274 e. The molecule has 0 radical (unpaired) electrons. The SMILES string of the molecule is CC(Cl)C(=O)N1CCN(C(=O)c2cc3n(n2)CCCC3)CC1. The Balaban J connectivity index is 1.62. The molecule has 0 aromatic carbocycles. The fourth-order valence-electron chi connectivity index (χ4n) is 3.07. The first kappa shape index (κ1) is 15.3. The fraction of sp³-hybridized carbons (Fsp3) is 0.667. The predicted octanol–water partition coefficient (Wildman–Crippen LogP) is 1.13. The topological polar surface area (TPSA) is 58.4 Å². The Bertz CT molecular complexity index is 553. The van der Waals surface area contributed by atoms with Gasteiger partial charge in [-0.25, -0.2) is 0 Å². The summed E-state index contributed by atoms with van der Waals surface area (Å²) in [6.45, 7) is 4.73. The molecule has 2 amide bonds. The molecule has 3 heterocycles. The lowest BCUT2D eigenvalue weighted by Crippen LogP contribution is -2.52. The predicted molar refractivity (Wildman–Crippen MR) is 83.0 cm³/mol. The van der Waals surface area contributed by atoms with Crippen molar-refractivity contribution in [1.82, 2.24) is 19.6 Å². The zero-order valence-corrected chi connectivity index (χ0v) is 13.6. The highest BCUT2D eigenvalue weighted by Crippen LogP contribution is 2.17. The number of halogens is 1. The van der Waals surface area contributed by atoms with Gasteiger partial charge in [0.15, 0.2) is 5.69 Å². The molecule has 1 fully saturated rings. The molecular weight excluding hydrogens is 304 g/mol. The van der Waals surface area contributed by atoms with Crippen LogP contribution < -0.4 is 0 Å². The number of hydrogen-bond donors (Lipinski definition) is 0. The molecule has 7 heteroatoms.